The van der Waals surface area contributed by atoms with Gasteiger partial charge >= 0.3 is 0 Å². The maximum atomic E-state index is 13.0. The van der Waals surface area contributed by atoms with E-state index in [9.17, 15) is 13.2 Å². The van der Waals surface area contributed by atoms with Gasteiger partial charge in [0.2, 0.25) is 10.0 Å². The Morgan fingerprint density at radius 1 is 1.00 bits per heavy atom. The number of nitrogens with zero attached hydrogens (tertiary/aromatic N) is 1. The summed E-state index contributed by atoms with van der Waals surface area (Å²) < 4.78 is 33.5. The molecule has 0 atom stereocenters. The van der Waals surface area contributed by atoms with Crippen LogP contribution in [0.1, 0.15) is 20.8 Å². The molecule has 0 aliphatic carbocycles. The van der Waals surface area contributed by atoms with Crippen LogP contribution in [0, 0.1) is 0 Å². The van der Waals surface area contributed by atoms with E-state index < -0.39 is 15.9 Å². The van der Waals surface area contributed by atoms with Crippen molar-refractivity contribution in [1.29, 1.82) is 0 Å². The maximum Gasteiger partial charge on any atom is 0.263 e. The Morgan fingerprint density at radius 3 is 2.50 bits per heavy atom. The van der Waals surface area contributed by atoms with E-state index in [-0.39, 0.29) is 16.3 Å². The summed E-state index contributed by atoms with van der Waals surface area (Å²) in [5, 5.41) is 4.51. The highest BCUT2D eigenvalue weighted by molar-refractivity contribution is 7.99. The van der Waals surface area contributed by atoms with Crippen molar-refractivity contribution < 1.29 is 17.9 Å². The third-order valence-corrected chi connectivity index (χ3v) is 9.00. The van der Waals surface area contributed by atoms with Gasteiger partial charge < -0.3 is 10.1 Å². The zero-order valence-corrected chi connectivity index (χ0v) is 19.8. The summed E-state index contributed by atoms with van der Waals surface area (Å²) in [4.78, 5) is 13.2. The quantitative estimate of drug-likeness (QED) is 0.519. The molecule has 0 saturated carbocycles. The number of thiophene rings is 1. The van der Waals surface area contributed by atoms with E-state index in [4.69, 9.17) is 4.74 Å². The summed E-state index contributed by atoms with van der Waals surface area (Å²) >= 11 is 2.88. The molecule has 1 saturated heterocycles. The molecule has 4 rings (SSSR count). The Balaban J connectivity index is 1.44. The van der Waals surface area contributed by atoms with Gasteiger partial charge in [-0.25, -0.2) is 8.42 Å². The zero-order valence-electron chi connectivity index (χ0n) is 17.4. The van der Waals surface area contributed by atoms with Gasteiger partial charge in [0.05, 0.1) is 0 Å². The fraction of sp³-hybridized carbons (Fsp3) is 0.261. The predicted molar refractivity (Wildman–Crippen MR) is 129 cm³/mol. The molecule has 0 unspecified atom stereocenters. The van der Waals surface area contributed by atoms with E-state index in [0.717, 1.165) is 34.0 Å². The molecule has 6 nitrogen and oxygen atoms in total. The molecule has 168 valence electrons. The number of carbonyl (C=O) groups excluding carboxylic acids is 1. The average molecular weight is 489 g/mol. The molecule has 1 fully saturated rings. The number of ether oxygens (including phenoxy) is 1. The number of para-hydroxylation sites is 1. The predicted octanol–water partition coefficient (Wildman–Crippen LogP) is 3.99. The first-order chi connectivity index (χ1) is 15.6. The molecule has 0 spiro atoms. The van der Waals surface area contributed by atoms with Crippen molar-refractivity contribution in [3.63, 3.8) is 0 Å². The minimum atomic E-state index is -3.68. The molecule has 1 amide bonds. The molecule has 2 heterocycles. The number of hydrogen-bond acceptors (Lipinski definition) is 6. The number of sulfonamides is 1. The number of nitrogens with one attached hydrogen (secondary N) is 1. The number of thioether (sulfide) groups is 1. The van der Waals surface area contributed by atoms with Crippen molar-refractivity contribution in [2.75, 3.05) is 24.6 Å². The van der Waals surface area contributed by atoms with Crippen LogP contribution in [0.25, 0.3) is 0 Å². The first kappa shape index (κ1) is 22.8. The van der Waals surface area contributed by atoms with Gasteiger partial charge in [-0.05, 0) is 23.1 Å². The van der Waals surface area contributed by atoms with Crippen molar-refractivity contribution in [2.45, 2.75) is 18.0 Å². The lowest BCUT2D eigenvalue weighted by molar-refractivity contribution is 0.0951. The van der Waals surface area contributed by atoms with Gasteiger partial charge in [0.15, 0.2) is 0 Å². The minimum Gasteiger partial charge on any atom is -0.489 e. The number of benzene rings is 2. The smallest absolute Gasteiger partial charge is 0.263 e. The first-order valence-electron chi connectivity index (χ1n) is 10.2. The van der Waals surface area contributed by atoms with Crippen LogP contribution in [0.4, 0.5) is 0 Å². The lowest BCUT2D eigenvalue weighted by atomic mass is 10.2. The largest absolute Gasteiger partial charge is 0.489 e. The third-order valence-electron chi connectivity index (χ3n) is 5.07. The van der Waals surface area contributed by atoms with Crippen LogP contribution >= 0.6 is 23.1 Å². The number of hydrogen-bond donors (Lipinski definition) is 1. The fourth-order valence-electron chi connectivity index (χ4n) is 3.37. The molecular formula is C23H24N2O4S3. The van der Waals surface area contributed by atoms with Crippen LogP contribution in [-0.4, -0.2) is 43.2 Å². The minimum absolute atomic E-state index is 0.0838. The van der Waals surface area contributed by atoms with Crippen LogP contribution in [0.15, 0.2) is 70.9 Å². The second-order valence-electron chi connectivity index (χ2n) is 7.20. The molecule has 0 radical (unpaired) electrons. The standard InChI is InChI=1S/C23H24N2O4S3/c26-23(22-21(10-13-31-22)32(27,28)25-11-14-30-15-12-25)24-16-19-8-4-5-9-20(19)29-17-18-6-2-1-3-7-18/h1-10,13H,11-12,14-17H2,(H,24,26). The van der Waals surface area contributed by atoms with Crippen LogP contribution in [0.2, 0.25) is 0 Å². The topological polar surface area (TPSA) is 75.7 Å². The van der Waals surface area contributed by atoms with Crippen molar-refractivity contribution in [3.05, 3.63) is 82.0 Å². The van der Waals surface area contributed by atoms with Gasteiger partial charge in [-0.2, -0.15) is 16.1 Å². The Morgan fingerprint density at radius 2 is 1.72 bits per heavy atom. The van der Waals surface area contributed by atoms with Crippen molar-refractivity contribution >= 4 is 39.0 Å². The van der Waals surface area contributed by atoms with Gasteiger partial charge in [0, 0.05) is 36.7 Å². The third kappa shape index (κ3) is 5.35. The molecule has 1 aliphatic rings. The molecule has 3 aromatic rings. The average Bonchev–Trinajstić information content (AvgIpc) is 3.34. The SMILES string of the molecule is O=C(NCc1ccccc1OCc1ccccc1)c1sccc1S(=O)(=O)N1CCSCC1. The van der Waals surface area contributed by atoms with Crippen LogP contribution < -0.4 is 10.1 Å². The van der Waals surface area contributed by atoms with Crippen molar-refractivity contribution in [1.82, 2.24) is 9.62 Å². The van der Waals surface area contributed by atoms with Crippen LogP contribution in [-0.2, 0) is 23.2 Å². The molecule has 1 aliphatic heterocycles. The Hall–Kier alpha value is -2.33. The van der Waals surface area contributed by atoms with Gasteiger partial charge in [-0.3, -0.25) is 4.79 Å². The maximum absolute atomic E-state index is 13.0. The fourth-order valence-corrected chi connectivity index (χ4v) is 7.27. The monoisotopic (exact) mass is 488 g/mol. The number of amides is 1. The van der Waals surface area contributed by atoms with Gasteiger partial charge in [0.1, 0.15) is 22.1 Å². The highest BCUT2D eigenvalue weighted by Gasteiger charge is 2.31. The lowest BCUT2D eigenvalue weighted by Gasteiger charge is -2.25. The highest BCUT2D eigenvalue weighted by atomic mass is 32.2. The van der Waals surface area contributed by atoms with Gasteiger partial charge in [0.25, 0.3) is 5.91 Å². The second kappa shape index (κ2) is 10.5. The van der Waals surface area contributed by atoms with E-state index >= 15 is 0 Å². The van der Waals surface area contributed by atoms with Crippen molar-refractivity contribution in [2.24, 2.45) is 0 Å². The number of carbonyl (C=O) groups is 1. The first-order valence-corrected chi connectivity index (χ1v) is 13.7. The molecule has 2 aromatic carbocycles. The van der Waals surface area contributed by atoms with E-state index in [1.54, 1.807) is 17.1 Å². The number of rotatable bonds is 8. The van der Waals surface area contributed by atoms with E-state index in [0.29, 0.717) is 25.4 Å². The molecule has 1 N–H and O–H groups in total. The molecule has 0 bridgehead atoms. The normalized spacial score (nSPS) is 14.8. The summed E-state index contributed by atoms with van der Waals surface area (Å²) in [6.07, 6.45) is 0. The zero-order chi connectivity index (χ0) is 22.4. The summed E-state index contributed by atoms with van der Waals surface area (Å²) in [6, 6.07) is 18.9. The summed E-state index contributed by atoms with van der Waals surface area (Å²) in [5.41, 5.74) is 1.88. The van der Waals surface area contributed by atoms with Gasteiger partial charge in [-0.1, -0.05) is 48.5 Å². The highest BCUT2D eigenvalue weighted by Crippen LogP contribution is 2.27. The van der Waals surface area contributed by atoms with E-state index in [1.165, 1.54) is 10.4 Å². The Bertz CT molecular complexity index is 1160. The Labute approximate surface area is 196 Å². The Kier molecular flexibility index (Phi) is 7.51. The molecule has 9 heteroatoms. The van der Waals surface area contributed by atoms with Gasteiger partial charge in [-0.15, -0.1) is 11.3 Å². The summed E-state index contributed by atoms with van der Waals surface area (Å²) in [7, 11) is -3.68. The van der Waals surface area contributed by atoms with E-state index in [2.05, 4.69) is 5.32 Å². The second-order valence-corrected chi connectivity index (χ2v) is 11.2. The van der Waals surface area contributed by atoms with Crippen molar-refractivity contribution in [3.8, 4) is 5.75 Å². The molecule has 32 heavy (non-hydrogen) atoms. The molecule has 1 aromatic heterocycles. The van der Waals surface area contributed by atoms with Crippen LogP contribution in [0.5, 0.6) is 5.75 Å². The summed E-state index contributed by atoms with van der Waals surface area (Å²) in [6.45, 7) is 1.60. The lowest BCUT2D eigenvalue weighted by Crippen LogP contribution is -2.38. The van der Waals surface area contributed by atoms with Crippen LogP contribution in [0.3, 0.4) is 0 Å². The van der Waals surface area contributed by atoms with E-state index in [1.807, 2.05) is 54.6 Å². The summed E-state index contributed by atoms with van der Waals surface area (Å²) in [5.74, 6) is 1.82. The molecular weight excluding hydrogens is 464 g/mol.